The van der Waals surface area contributed by atoms with Crippen LogP contribution in [0.15, 0.2) is 36.7 Å². The number of pyridine rings is 1. The Kier molecular flexibility index (Phi) is 5.91. The number of methoxy groups -OCH3 is 1. The molecule has 176 valence electrons. The van der Waals surface area contributed by atoms with Crippen molar-refractivity contribution in [2.75, 3.05) is 7.11 Å². The summed E-state index contributed by atoms with van der Waals surface area (Å²) < 4.78 is 51.3. The van der Waals surface area contributed by atoms with Crippen molar-refractivity contribution in [3.8, 4) is 23.3 Å². The maximum absolute atomic E-state index is 13.4. The Labute approximate surface area is 193 Å². The van der Waals surface area contributed by atoms with Gasteiger partial charge in [0.15, 0.2) is 11.9 Å². The van der Waals surface area contributed by atoms with Crippen molar-refractivity contribution in [1.29, 1.82) is 5.26 Å². The molecule has 1 atom stereocenters. The Morgan fingerprint density at radius 2 is 2.00 bits per heavy atom. The minimum absolute atomic E-state index is 0.00635. The number of alkyl halides is 3. The predicted octanol–water partition coefficient (Wildman–Crippen LogP) is 3.94. The van der Waals surface area contributed by atoms with Gasteiger partial charge in [0, 0.05) is 24.0 Å². The zero-order valence-electron chi connectivity index (χ0n) is 18.6. The molecular formula is C23H20F3N5O3. The molecular weight excluding hydrogens is 451 g/mol. The molecule has 34 heavy (non-hydrogen) atoms. The number of hydrogen-bond donors (Lipinski definition) is 0. The average molecular weight is 471 g/mol. The van der Waals surface area contributed by atoms with Gasteiger partial charge < -0.3 is 14.4 Å². The highest BCUT2D eigenvalue weighted by molar-refractivity contribution is 6.00. The van der Waals surface area contributed by atoms with Gasteiger partial charge in [-0.1, -0.05) is 0 Å². The lowest BCUT2D eigenvalue weighted by Gasteiger charge is -2.23. The number of ether oxygens (including phenoxy) is 2. The van der Waals surface area contributed by atoms with Gasteiger partial charge in [0.1, 0.15) is 17.4 Å². The van der Waals surface area contributed by atoms with E-state index in [-0.39, 0.29) is 35.7 Å². The Balaban J connectivity index is 1.64. The standard InChI is InChI=1S/C23H20F3N5O3/c1-13-4-6-17(9-28-13)31-11-16-10-30(12-18(16)29-31)22(32)20-19(34-14(2)23(24,25)26)7-5-15(8-27)21(20)33-3/h4-7,9,11,14H,10,12H2,1-3H3/t14-/m0/s1. The van der Waals surface area contributed by atoms with Crippen molar-refractivity contribution in [1.82, 2.24) is 19.7 Å². The van der Waals surface area contributed by atoms with Crippen LogP contribution in [0.5, 0.6) is 11.5 Å². The highest BCUT2D eigenvalue weighted by Gasteiger charge is 2.40. The molecule has 2 aromatic heterocycles. The number of hydrogen-bond acceptors (Lipinski definition) is 6. The molecule has 1 aromatic carbocycles. The van der Waals surface area contributed by atoms with Gasteiger partial charge in [-0.3, -0.25) is 9.78 Å². The Bertz CT molecular complexity index is 1260. The number of aryl methyl sites for hydroxylation is 1. The highest BCUT2D eigenvalue weighted by atomic mass is 19.4. The fraction of sp³-hybridized carbons (Fsp3) is 0.304. The lowest BCUT2D eigenvalue weighted by Crippen LogP contribution is -2.33. The number of benzene rings is 1. The van der Waals surface area contributed by atoms with E-state index in [4.69, 9.17) is 9.47 Å². The van der Waals surface area contributed by atoms with E-state index in [1.807, 2.05) is 25.1 Å². The molecule has 11 heteroatoms. The van der Waals surface area contributed by atoms with Gasteiger partial charge >= 0.3 is 6.18 Å². The molecule has 1 amide bonds. The van der Waals surface area contributed by atoms with E-state index >= 15 is 0 Å². The quantitative estimate of drug-likeness (QED) is 0.560. The van der Waals surface area contributed by atoms with Crippen LogP contribution in [0, 0.1) is 18.3 Å². The van der Waals surface area contributed by atoms with Crippen LogP contribution in [0.4, 0.5) is 13.2 Å². The van der Waals surface area contributed by atoms with Crippen molar-refractivity contribution in [2.45, 2.75) is 39.2 Å². The highest BCUT2D eigenvalue weighted by Crippen LogP contribution is 2.37. The van der Waals surface area contributed by atoms with E-state index in [9.17, 15) is 23.2 Å². The lowest BCUT2D eigenvalue weighted by atomic mass is 10.1. The molecule has 0 saturated heterocycles. The first-order valence-electron chi connectivity index (χ1n) is 10.3. The van der Waals surface area contributed by atoms with Gasteiger partial charge in [-0.25, -0.2) is 4.68 Å². The SMILES string of the molecule is COc1c(C#N)ccc(O[C@@H](C)C(F)(F)F)c1C(=O)N1Cc2cn(-c3ccc(C)nc3)nc2C1. The first-order chi connectivity index (χ1) is 16.1. The first-order valence-corrected chi connectivity index (χ1v) is 10.3. The van der Waals surface area contributed by atoms with Gasteiger partial charge in [0.2, 0.25) is 0 Å². The topological polar surface area (TPSA) is 93.3 Å². The third-order valence-corrected chi connectivity index (χ3v) is 5.45. The summed E-state index contributed by atoms with van der Waals surface area (Å²) >= 11 is 0. The van der Waals surface area contributed by atoms with Crippen LogP contribution in [0.2, 0.25) is 0 Å². The van der Waals surface area contributed by atoms with Crippen molar-refractivity contribution in [3.05, 3.63) is 64.7 Å². The van der Waals surface area contributed by atoms with E-state index < -0.39 is 18.2 Å². The first kappa shape index (κ1) is 23.1. The molecule has 3 heterocycles. The van der Waals surface area contributed by atoms with Crippen molar-refractivity contribution < 1.29 is 27.4 Å². The number of rotatable bonds is 5. The molecule has 0 aliphatic carbocycles. The summed E-state index contributed by atoms with van der Waals surface area (Å²) in [5.41, 5.74) is 2.83. The Morgan fingerprint density at radius 3 is 2.59 bits per heavy atom. The summed E-state index contributed by atoms with van der Waals surface area (Å²) in [5, 5.41) is 13.9. The van der Waals surface area contributed by atoms with Crippen LogP contribution in [0.3, 0.4) is 0 Å². The van der Waals surface area contributed by atoms with Crippen LogP contribution in [0.25, 0.3) is 5.69 Å². The van der Waals surface area contributed by atoms with Gasteiger partial charge in [0.05, 0.1) is 36.8 Å². The summed E-state index contributed by atoms with van der Waals surface area (Å²) in [7, 11) is 1.24. The van der Waals surface area contributed by atoms with E-state index in [0.29, 0.717) is 5.69 Å². The number of nitriles is 1. The molecule has 1 aliphatic rings. The maximum atomic E-state index is 13.4. The van der Waals surface area contributed by atoms with Crippen LogP contribution in [0.1, 0.15) is 39.8 Å². The number of carbonyl (C=O) groups excluding carboxylic acids is 1. The largest absolute Gasteiger partial charge is 0.494 e. The summed E-state index contributed by atoms with van der Waals surface area (Å²) in [6.45, 7) is 3.03. The van der Waals surface area contributed by atoms with Gasteiger partial charge in [-0.05, 0) is 38.1 Å². The van der Waals surface area contributed by atoms with E-state index in [0.717, 1.165) is 23.9 Å². The number of fused-ring (bicyclic) bond motifs is 1. The Morgan fingerprint density at radius 1 is 1.24 bits per heavy atom. The monoisotopic (exact) mass is 471 g/mol. The molecule has 0 fully saturated rings. The van der Waals surface area contributed by atoms with E-state index in [1.54, 1.807) is 17.1 Å². The van der Waals surface area contributed by atoms with Crippen molar-refractivity contribution in [2.24, 2.45) is 0 Å². The zero-order valence-corrected chi connectivity index (χ0v) is 18.6. The normalized spacial score (nSPS) is 13.9. The number of amides is 1. The molecule has 0 N–H and O–H groups in total. The second-order valence-electron chi connectivity index (χ2n) is 7.80. The molecule has 0 radical (unpaired) electrons. The van der Waals surface area contributed by atoms with E-state index in [2.05, 4.69) is 10.1 Å². The second-order valence-corrected chi connectivity index (χ2v) is 7.80. The molecule has 0 spiro atoms. The number of carbonyl (C=O) groups is 1. The molecule has 0 unspecified atom stereocenters. The third-order valence-electron chi connectivity index (χ3n) is 5.45. The zero-order chi connectivity index (χ0) is 24.6. The van der Waals surface area contributed by atoms with Crippen molar-refractivity contribution >= 4 is 5.91 Å². The van der Waals surface area contributed by atoms with Gasteiger partial charge in [-0.2, -0.15) is 23.5 Å². The van der Waals surface area contributed by atoms with Gasteiger partial charge in [0.25, 0.3) is 5.91 Å². The molecule has 0 saturated carbocycles. The fourth-order valence-electron chi connectivity index (χ4n) is 3.60. The van der Waals surface area contributed by atoms with Crippen LogP contribution in [-0.4, -0.2) is 45.0 Å². The summed E-state index contributed by atoms with van der Waals surface area (Å²) in [6.07, 6.45) is -3.34. The van der Waals surface area contributed by atoms with Crippen LogP contribution in [-0.2, 0) is 13.1 Å². The summed E-state index contributed by atoms with van der Waals surface area (Å²) in [4.78, 5) is 19.1. The minimum Gasteiger partial charge on any atom is -0.494 e. The number of nitrogens with zero attached hydrogens (tertiary/aromatic N) is 5. The Hall–Kier alpha value is -4.07. The number of halogens is 3. The summed E-state index contributed by atoms with van der Waals surface area (Å²) in [6, 6.07) is 8.05. The number of aromatic nitrogens is 3. The smallest absolute Gasteiger partial charge is 0.425 e. The van der Waals surface area contributed by atoms with Gasteiger partial charge in [-0.15, -0.1) is 0 Å². The average Bonchev–Trinajstić information content (AvgIpc) is 3.37. The minimum atomic E-state index is -4.64. The summed E-state index contributed by atoms with van der Waals surface area (Å²) in [5.74, 6) is -1.08. The molecule has 1 aliphatic heterocycles. The second kappa shape index (κ2) is 8.70. The molecule has 3 aromatic rings. The van der Waals surface area contributed by atoms with Crippen molar-refractivity contribution in [3.63, 3.8) is 0 Å². The van der Waals surface area contributed by atoms with E-state index in [1.165, 1.54) is 24.1 Å². The predicted molar refractivity (Wildman–Crippen MR) is 114 cm³/mol. The molecule has 0 bridgehead atoms. The van der Waals surface area contributed by atoms with Crippen LogP contribution >= 0.6 is 0 Å². The maximum Gasteiger partial charge on any atom is 0.425 e. The van der Waals surface area contributed by atoms with Crippen LogP contribution < -0.4 is 9.47 Å². The third kappa shape index (κ3) is 4.26. The molecule has 4 rings (SSSR count). The lowest BCUT2D eigenvalue weighted by molar-refractivity contribution is -0.189. The molecule has 8 nitrogen and oxygen atoms in total. The fourth-order valence-corrected chi connectivity index (χ4v) is 3.60.